The van der Waals surface area contributed by atoms with Gasteiger partial charge in [0.15, 0.2) is 5.79 Å². The standard InChI is InChI=1S/C16H18N2O2/c1-2-4-14-13(3-1)15(5-8-17-14)18-9-6-16(7-10-18)19-11-12-20-16/h1-5,8H,6-7,9-12H2. The predicted octanol–water partition coefficient (Wildman–Crippen LogP) is 2.58. The smallest absolute Gasteiger partial charge is 0.171 e. The molecule has 0 saturated carbocycles. The molecule has 0 atom stereocenters. The molecule has 20 heavy (non-hydrogen) atoms. The summed E-state index contributed by atoms with van der Waals surface area (Å²) in [6.07, 6.45) is 3.76. The van der Waals surface area contributed by atoms with Crippen LogP contribution < -0.4 is 4.90 Å². The van der Waals surface area contributed by atoms with Crippen LogP contribution in [-0.2, 0) is 9.47 Å². The van der Waals surface area contributed by atoms with Crippen molar-refractivity contribution in [2.24, 2.45) is 0 Å². The SMILES string of the molecule is c1ccc2c(N3CCC4(CC3)OCCO4)ccnc2c1. The fourth-order valence-corrected chi connectivity index (χ4v) is 3.23. The van der Waals surface area contributed by atoms with Crippen LogP contribution in [0.1, 0.15) is 12.8 Å². The molecule has 104 valence electrons. The highest BCUT2D eigenvalue weighted by molar-refractivity contribution is 5.91. The molecule has 2 aliphatic rings. The van der Waals surface area contributed by atoms with Crippen LogP contribution in [0.3, 0.4) is 0 Å². The number of nitrogens with zero attached hydrogens (tertiary/aromatic N) is 2. The number of anilines is 1. The van der Waals surface area contributed by atoms with Gasteiger partial charge in [0.2, 0.25) is 0 Å². The van der Waals surface area contributed by atoms with Crippen molar-refractivity contribution in [3.8, 4) is 0 Å². The predicted molar refractivity (Wildman–Crippen MR) is 77.8 cm³/mol. The van der Waals surface area contributed by atoms with Gasteiger partial charge in [-0.2, -0.15) is 0 Å². The molecule has 0 bridgehead atoms. The summed E-state index contributed by atoms with van der Waals surface area (Å²) in [5.74, 6) is -0.306. The first kappa shape index (κ1) is 12.1. The molecule has 2 fully saturated rings. The second-order valence-electron chi connectivity index (χ2n) is 5.44. The number of para-hydroxylation sites is 1. The number of aromatic nitrogens is 1. The highest BCUT2D eigenvalue weighted by Crippen LogP contribution is 2.35. The van der Waals surface area contributed by atoms with Crippen molar-refractivity contribution in [1.29, 1.82) is 0 Å². The van der Waals surface area contributed by atoms with Crippen molar-refractivity contribution in [3.05, 3.63) is 36.5 Å². The molecular weight excluding hydrogens is 252 g/mol. The minimum absolute atomic E-state index is 0.306. The summed E-state index contributed by atoms with van der Waals surface area (Å²) in [5.41, 5.74) is 2.32. The van der Waals surface area contributed by atoms with Crippen LogP contribution in [0.5, 0.6) is 0 Å². The summed E-state index contributed by atoms with van der Waals surface area (Å²) in [6.45, 7) is 3.40. The Kier molecular flexibility index (Phi) is 2.86. The molecule has 4 rings (SSSR count). The summed E-state index contributed by atoms with van der Waals surface area (Å²) in [4.78, 5) is 6.85. The van der Waals surface area contributed by atoms with Crippen LogP contribution in [0.2, 0.25) is 0 Å². The molecule has 0 N–H and O–H groups in total. The van der Waals surface area contributed by atoms with Crippen LogP contribution in [-0.4, -0.2) is 37.1 Å². The summed E-state index contributed by atoms with van der Waals surface area (Å²) in [5, 5.41) is 1.22. The monoisotopic (exact) mass is 270 g/mol. The molecule has 1 aromatic heterocycles. The van der Waals surface area contributed by atoms with Crippen molar-refractivity contribution < 1.29 is 9.47 Å². The number of pyridine rings is 1. The van der Waals surface area contributed by atoms with E-state index in [1.165, 1.54) is 11.1 Å². The van der Waals surface area contributed by atoms with E-state index in [4.69, 9.17) is 9.47 Å². The number of piperidine rings is 1. The van der Waals surface area contributed by atoms with Gasteiger partial charge in [-0.15, -0.1) is 0 Å². The molecule has 4 nitrogen and oxygen atoms in total. The lowest BCUT2D eigenvalue weighted by molar-refractivity contribution is -0.169. The fourth-order valence-electron chi connectivity index (χ4n) is 3.23. The third-order valence-corrected chi connectivity index (χ3v) is 4.31. The third-order valence-electron chi connectivity index (χ3n) is 4.31. The molecule has 0 aliphatic carbocycles. The number of hydrogen-bond donors (Lipinski definition) is 0. The largest absolute Gasteiger partial charge is 0.371 e. The van der Waals surface area contributed by atoms with Gasteiger partial charge >= 0.3 is 0 Å². The summed E-state index contributed by atoms with van der Waals surface area (Å²) >= 11 is 0. The number of rotatable bonds is 1. The zero-order valence-electron chi connectivity index (χ0n) is 11.4. The quantitative estimate of drug-likeness (QED) is 0.797. The van der Waals surface area contributed by atoms with Gasteiger partial charge in [-0.25, -0.2) is 0 Å². The molecule has 4 heteroatoms. The summed E-state index contributed by atoms with van der Waals surface area (Å²) < 4.78 is 11.6. The maximum atomic E-state index is 5.79. The van der Waals surface area contributed by atoms with E-state index < -0.39 is 0 Å². The Balaban J connectivity index is 1.61. The average Bonchev–Trinajstić information content (AvgIpc) is 2.96. The van der Waals surface area contributed by atoms with E-state index in [0.717, 1.165) is 44.7 Å². The van der Waals surface area contributed by atoms with E-state index in [0.29, 0.717) is 0 Å². The highest BCUT2D eigenvalue weighted by Gasteiger charge is 2.39. The van der Waals surface area contributed by atoms with E-state index >= 15 is 0 Å². The van der Waals surface area contributed by atoms with E-state index in [-0.39, 0.29) is 5.79 Å². The second kappa shape index (κ2) is 4.72. The topological polar surface area (TPSA) is 34.6 Å². The molecule has 0 radical (unpaired) electrons. The minimum Gasteiger partial charge on any atom is -0.371 e. The lowest BCUT2D eigenvalue weighted by Gasteiger charge is -2.39. The molecule has 2 aromatic rings. The molecule has 3 heterocycles. The Morgan fingerprint density at radius 3 is 2.55 bits per heavy atom. The summed E-state index contributed by atoms with van der Waals surface area (Å²) in [7, 11) is 0. The van der Waals surface area contributed by atoms with Crippen LogP contribution >= 0.6 is 0 Å². The Bertz CT molecular complexity index is 607. The Morgan fingerprint density at radius 2 is 1.75 bits per heavy atom. The number of fused-ring (bicyclic) bond motifs is 1. The summed E-state index contributed by atoms with van der Waals surface area (Å²) in [6, 6.07) is 10.4. The van der Waals surface area contributed by atoms with Gasteiger partial charge in [0.1, 0.15) is 0 Å². The van der Waals surface area contributed by atoms with Crippen molar-refractivity contribution in [2.45, 2.75) is 18.6 Å². The highest BCUT2D eigenvalue weighted by atomic mass is 16.7. The molecule has 2 saturated heterocycles. The maximum Gasteiger partial charge on any atom is 0.171 e. The van der Waals surface area contributed by atoms with Crippen LogP contribution in [0, 0.1) is 0 Å². The molecule has 0 unspecified atom stereocenters. The first-order valence-electron chi connectivity index (χ1n) is 7.23. The van der Waals surface area contributed by atoms with Gasteiger partial charge < -0.3 is 14.4 Å². The zero-order chi connectivity index (χ0) is 13.4. The lowest BCUT2D eigenvalue weighted by Crippen LogP contribution is -2.45. The minimum atomic E-state index is -0.306. The average molecular weight is 270 g/mol. The van der Waals surface area contributed by atoms with Crippen molar-refractivity contribution in [3.63, 3.8) is 0 Å². The van der Waals surface area contributed by atoms with Crippen LogP contribution in [0.4, 0.5) is 5.69 Å². The molecular formula is C16H18N2O2. The van der Waals surface area contributed by atoms with Crippen molar-refractivity contribution in [1.82, 2.24) is 4.98 Å². The lowest BCUT2D eigenvalue weighted by atomic mass is 10.0. The van der Waals surface area contributed by atoms with Crippen molar-refractivity contribution in [2.75, 3.05) is 31.2 Å². The van der Waals surface area contributed by atoms with Crippen molar-refractivity contribution >= 4 is 16.6 Å². The van der Waals surface area contributed by atoms with E-state index in [1.54, 1.807) is 0 Å². The maximum absolute atomic E-state index is 5.79. The van der Waals surface area contributed by atoms with Crippen LogP contribution in [0.25, 0.3) is 10.9 Å². The van der Waals surface area contributed by atoms with E-state index in [2.05, 4.69) is 34.1 Å². The number of hydrogen-bond acceptors (Lipinski definition) is 4. The number of ether oxygens (including phenoxy) is 2. The van der Waals surface area contributed by atoms with Gasteiger partial charge in [0, 0.05) is 43.2 Å². The molecule has 0 amide bonds. The normalized spacial score (nSPS) is 21.7. The molecule has 1 spiro atoms. The van der Waals surface area contributed by atoms with E-state index in [1.807, 2.05) is 12.3 Å². The van der Waals surface area contributed by atoms with E-state index in [9.17, 15) is 0 Å². The first-order valence-corrected chi connectivity index (χ1v) is 7.23. The van der Waals surface area contributed by atoms with Gasteiger partial charge in [-0.05, 0) is 12.1 Å². The van der Waals surface area contributed by atoms with Gasteiger partial charge in [-0.3, -0.25) is 4.98 Å². The van der Waals surface area contributed by atoms with Crippen LogP contribution in [0.15, 0.2) is 36.5 Å². The first-order chi connectivity index (χ1) is 9.86. The van der Waals surface area contributed by atoms with Gasteiger partial charge in [0.05, 0.1) is 18.7 Å². The zero-order valence-corrected chi connectivity index (χ0v) is 11.4. The molecule has 2 aliphatic heterocycles. The Hall–Kier alpha value is -1.65. The third kappa shape index (κ3) is 1.96. The Labute approximate surface area is 118 Å². The fraction of sp³-hybridized carbons (Fsp3) is 0.438. The molecule has 1 aromatic carbocycles. The van der Waals surface area contributed by atoms with Gasteiger partial charge in [0.25, 0.3) is 0 Å². The second-order valence-corrected chi connectivity index (χ2v) is 5.44. The van der Waals surface area contributed by atoms with Gasteiger partial charge in [-0.1, -0.05) is 18.2 Å². The number of benzene rings is 1. The Morgan fingerprint density at radius 1 is 1.00 bits per heavy atom.